The molecule has 0 fully saturated rings. The van der Waals surface area contributed by atoms with E-state index in [4.69, 9.17) is 11.6 Å². The minimum Gasteiger partial charge on any atom is -0.506 e. The highest BCUT2D eigenvalue weighted by atomic mass is 35.5. The molecule has 1 amide bonds. The van der Waals surface area contributed by atoms with E-state index < -0.39 is 0 Å². The van der Waals surface area contributed by atoms with Gasteiger partial charge in [0.25, 0.3) is 0 Å². The van der Waals surface area contributed by atoms with Crippen LogP contribution in [0.25, 0.3) is 0 Å². The lowest BCUT2D eigenvalue weighted by Crippen LogP contribution is -2.11. The predicted molar refractivity (Wildman–Crippen MR) is 81.1 cm³/mol. The summed E-state index contributed by atoms with van der Waals surface area (Å²) in [5.41, 5.74) is 1.61. The molecular formula is C16H16ClNO2. The molecule has 0 aliphatic rings. The van der Waals surface area contributed by atoms with E-state index in [9.17, 15) is 9.90 Å². The average molecular weight is 290 g/mol. The molecule has 0 spiro atoms. The first-order chi connectivity index (χ1) is 9.65. The number of hydrogen-bond acceptors (Lipinski definition) is 2. The predicted octanol–water partition coefficient (Wildman–Crippen LogP) is 4.01. The smallest absolute Gasteiger partial charge is 0.224 e. The van der Waals surface area contributed by atoms with Crippen molar-refractivity contribution in [1.29, 1.82) is 0 Å². The fourth-order valence-electron chi connectivity index (χ4n) is 1.90. The first kappa shape index (κ1) is 14.4. The average Bonchev–Trinajstić information content (AvgIpc) is 2.44. The third-order valence-electron chi connectivity index (χ3n) is 2.96. The number of aryl methyl sites for hydroxylation is 1. The Hall–Kier alpha value is -2.00. The van der Waals surface area contributed by atoms with Gasteiger partial charge in [-0.1, -0.05) is 35.9 Å². The number of aromatic hydroxyl groups is 1. The van der Waals surface area contributed by atoms with Gasteiger partial charge in [-0.25, -0.2) is 0 Å². The molecule has 0 radical (unpaired) electrons. The number of hydrogen-bond donors (Lipinski definition) is 2. The third kappa shape index (κ3) is 4.28. The van der Waals surface area contributed by atoms with Gasteiger partial charge in [-0.2, -0.15) is 0 Å². The zero-order chi connectivity index (χ0) is 14.4. The van der Waals surface area contributed by atoms with Crippen molar-refractivity contribution in [3.05, 3.63) is 59.1 Å². The van der Waals surface area contributed by atoms with Gasteiger partial charge in [0.2, 0.25) is 5.91 Å². The molecule has 0 saturated heterocycles. The van der Waals surface area contributed by atoms with Crippen molar-refractivity contribution in [2.75, 3.05) is 5.32 Å². The fourth-order valence-corrected chi connectivity index (χ4v) is 2.02. The summed E-state index contributed by atoms with van der Waals surface area (Å²) in [5, 5.41) is 13.0. The molecule has 0 bridgehead atoms. The number of amides is 1. The molecule has 2 aromatic rings. The van der Waals surface area contributed by atoms with Gasteiger partial charge < -0.3 is 10.4 Å². The lowest BCUT2D eigenvalue weighted by Gasteiger charge is -2.07. The molecule has 104 valence electrons. The number of phenols is 1. The van der Waals surface area contributed by atoms with Crippen LogP contribution in [0.2, 0.25) is 5.02 Å². The largest absolute Gasteiger partial charge is 0.506 e. The van der Waals surface area contributed by atoms with E-state index in [0.717, 1.165) is 18.4 Å². The Bertz CT molecular complexity index is 581. The maximum absolute atomic E-state index is 11.8. The molecular weight excluding hydrogens is 274 g/mol. The highest BCUT2D eigenvalue weighted by Crippen LogP contribution is 2.21. The maximum Gasteiger partial charge on any atom is 0.224 e. The Morgan fingerprint density at radius 1 is 1.10 bits per heavy atom. The van der Waals surface area contributed by atoms with Crippen molar-refractivity contribution in [1.82, 2.24) is 0 Å². The molecule has 2 N–H and O–H groups in total. The van der Waals surface area contributed by atoms with Crippen LogP contribution in [-0.2, 0) is 11.2 Å². The van der Waals surface area contributed by atoms with Gasteiger partial charge >= 0.3 is 0 Å². The monoisotopic (exact) mass is 289 g/mol. The molecule has 0 saturated carbocycles. The van der Waals surface area contributed by atoms with Crippen LogP contribution in [0, 0.1) is 0 Å². The molecule has 0 aliphatic heterocycles. The zero-order valence-electron chi connectivity index (χ0n) is 11.0. The van der Waals surface area contributed by atoms with E-state index >= 15 is 0 Å². The first-order valence-electron chi connectivity index (χ1n) is 6.47. The Balaban J connectivity index is 1.78. The Labute approximate surface area is 123 Å². The number of benzene rings is 2. The van der Waals surface area contributed by atoms with Crippen molar-refractivity contribution in [3.63, 3.8) is 0 Å². The van der Waals surface area contributed by atoms with E-state index in [1.54, 1.807) is 24.3 Å². The standard InChI is InChI=1S/C16H16ClNO2/c17-13-10-8-12(9-11-13)4-3-7-16(20)18-14-5-1-2-6-15(14)19/h1-2,5-6,8-11,19H,3-4,7H2,(H,18,20). The van der Waals surface area contributed by atoms with Crippen molar-refractivity contribution in [2.24, 2.45) is 0 Å². The number of nitrogens with one attached hydrogen (secondary N) is 1. The summed E-state index contributed by atoms with van der Waals surface area (Å²) in [7, 11) is 0. The number of rotatable bonds is 5. The third-order valence-corrected chi connectivity index (χ3v) is 3.21. The second-order valence-electron chi connectivity index (χ2n) is 4.55. The van der Waals surface area contributed by atoms with E-state index in [1.165, 1.54) is 0 Å². The van der Waals surface area contributed by atoms with E-state index in [1.807, 2.05) is 24.3 Å². The van der Waals surface area contributed by atoms with Gasteiger partial charge in [-0.15, -0.1) is 0 Å². The Morgan fingerprint density at radius 2 is 1.80 bits per heavy atom. The van der Waals surface area contributed by atoms with Gasteiger partial charge in [-0.3, -0.25) is 4.79 Å². The fraction of sp³-hybridized carbons (Fsp3) is 0.188. The van der Waals surface area contributed by atoms with Crippen LogP contribution < -0.4 is 5.32 Å². The number of phenolic OH excluding ortho intramolecular Hbond substituents is 1. The molecule has 0 unspecified atom stereocenters. The van der Waals surface area contributed by atoms with Crippen LogP contribution >= 0.6 is 11.6 Å². The number of anilines is 1. The molecule has 20 heavy (non-hydrogen) atoms. The topological polar surface area (TPSA) is 49.3 Å². The van der Waals surface area contributed by atoms with Crippen LogP contribution in [0.1, 0.15) is 18.4 Å². The summed E-state index contributed by atoms with van der Waals surface area (Å²) in [5.74, 6) is -0.0148. The molecule has 0 atom stereocenters. The van der Waals surface area contributed by atoms with Crippen LogP contribution in [0.4, 0.5) is 5.69 Å². The van der Waals surface area contributed by atoms with E-state index in [2.05, 4.69) is 5.32 Å². The van der Waals surface area contributed by atoms with E-state index in [-0.39, 0.29) is 11.7 Å². The molecule has 0 aromatic heterocycles. The van der Waals surface area contributed by atoms with Gasteiger partial charge in [-0.05, 0) is 42.7 Å². The van der Waals surface area contributed by atoms with Gasteiger partial charge in [0.05, 0.1) is 5.69 Å². The van der Waals surface area contributed by atoms with Crippen molar-refractivity contribution < 1.29 is 9.90 Å². The van der Waals surface area contributed by atoms with Crippen LogP contribution in [0.3, 0.4) is 0 Å². The summed E-state index contributed by atoms with van der Waals surface area (Å²) >= 11 is 5.81. The molecule has 3 nitrogen and oxygen atoms in total. The SMILES string of the molecule is O=C(CCCc1ccc(Cl)cc1)Nc1ccccc1O. The van der Waals surface area contributed by atoms with E-state index in [0.29, 0.717) is 17.1 Å². The van der Waals surface area contributed by atoms with Gasteiger partial charge in [0, 0.05) is 11.4 Å². The number of carbonyl (C=O) groups is 1. The summed E-state index contributed by atoms with van der Waals surface area (Å²) in [6.07, 6.45) is 1.99. The lowest BCUT2D eigenvalue weighted by molar-refractivity contribution is -0.116. The molecule has 4 heteroatoms. The van der Waals surface area contributed by atoms with Crippen LogP contribution in [0.5, 0.6) is 5.75 Å². The molecule has 0 heterocycles. The minimum atomic E-state index is -0.0968. The zero-order valence-corrected chi connectivity index (χ0v) is 11.7. The lowest BCUT2D eigenvalue weighted by atomic mass is 10.1. The summed E-state index contributed by atoms with van der Waals surface area (Å²) in [6.45, 7) is 0. The van der Waals surface area contributed by atoms with Crippen molar-refractivity contribution in [2.45, 2.75) is 19.3 Å². The van der Waals surface area contributed by atoms with Crippen LogP contribution in [-0.4, -0.2) is 11.0 Å². The molecule has 2 rings (SSSR count). The maximum atomic E-state index is 11.8. The summed E-state index contributed by atoms with van der Waals surface area (Å²) in [6, 6.07) is 14.3. The highest BCUT2D eigenvalue weighted by Gasteiger charge is 2.05. The summed E-state index contributed by atoms with van der Waals surface area (Å²) in [4.78, 5) is 11.8. The quantitative estimate of drug-likeness (QED) is 0.817. The number of para-hydroxylation sites is 2. The molecule has 2 aromatic carbocycles. The Morgan fingerprint density at radius 3 is 2.50 bits per heavy atom. The summed E-state index contributed by atoms with van der Waals surface area (Å²) < 4.78 is 0. The van der Waals surface area contributed by atoms with Crippen molar-refractivity contribution >= 4 is 23.2 Å². The van der Waals surface area contributed by atoms with Gasteiger partial charge in [0.1, 0.15) is 5.75 Å². The minimum absolute atomic E-state index is 0.0820. The second-order valence-corrected chi connectivity index (χ2v) is 4.98. The first-order valence-corrected chi connectivity index (χ1v) is 6.85. The molecule has 0 aliphatic carbocycles. The number of halogens is 1. The normalized spacial score (nSPS) is 10.2. The van der Waals surface area contributed by atoms with Crippen LogP contribution in [0.15, 0.2) is 48.5 Å². The second kappa shape index (κ2) is 6.96. The Kier molecular flexibility index (Phi) is 5.02. The van der Waals surface area contributed by atoms with Gasteiger partial charge in [0.15, 0.2) is 0 Å². The highest BCUT2D eigenvalue weighted by molar-refractivity contribution is 6.30. The number of carbonyl (C=O) groups excluding carboxylic acids is 1. The van der Waals surface area contributed by atoms with Crippen molar-refractivity contribution in [3.8, 4) is 5.75 Å².